The standard InChI is InChI=1S/C8H4Br2N2O2/c9-3-1-2-4(10)6-5(3)7(8(13)14)12-11-6/h1-2H,(H,11,12)(H,13,14). The predicted octanol–water partition coefficient (Wildman–Crippen LogP) is 2.79. The molecule has 1 aromatic heterocycles. The molecule has 0 aliphatic heterocycles. The minimum atomic E-state index is -1.02. The van der Waals surface area contributed by atoms with E-state index in [0.717, 1.165) is 4.47 Å². The first-order valence-electron chi connectivity index (χ1n) is 3.66. The molecular weight excluding hydrogens is 316 g/mol. The van der Waals surface area contributed by atoms with Crippen molar-refractivity contribution in [3.05, 3.63) is 26.8 Å². The SMILES string of the molecule is O=C(O)c1[nH]nc2c(Br)ccc(Br)c12. The highest BCUT2D eigenvalue weighted by Crippen LogP contribution is 2.30. The Balaban J connectivity index is 2.90. The lowest BCUT2D eigenvalue weighted by Gasteiger charge is -1.96. The number of benzene rings is 1. The summed E-state index contributed by atoms with van der Waals surface area (Å²) in [7, 11) is 0. The first-order valence-corrected chi connectivity index (χ1v) is 5.25. The monoisotopic (exact) mass is 318 g/mol. The highest BCUT2D eigenvalue weighted by atomic mass is 79.9. The Labute approximate surface area is 95.6 Å². The molecule has 0 spiro atoms. The maximum absolute atomic E-state index is 10.8. The van der Waals surface area contributed by atoms with Crippen LogP contribution in [0, 0.1) is 0 Å². The van der Waals surface area contributed by atoms with Crippen LogP contribution in [-0.4, -0.2) is 21.3 Å². The van der Waals surface area contributed by atoms with Crippen LogP contribution < -0.4 is 0 Å². The zero-order valence-corrected chi connectivity index (χ0v) is 9.89. The Hall–Kier alpha value is -0.880. The summed E-state index contributed by atoms with van der Waals surface area (Å²) >= 11 is 6.58. The average Bonchev–Trinajstić information content (AvgIpc) is 2.56. The molecule has 14 heavy (non-hydrogen) atoms. The number of carboxylic acids is 1. The number of carboxylic acid groups (broad SMARTS) is 1. The van der Waals surface area contributed by atoms with E-state index in [9.17, 15) is 4.79 Å². The maximum atomic E-state index is 10.8. The molecule has 1 heterocycles. The minimum absolute atomic E-state index is 0.0909. The number of H-pyrrole nitrogens is 1. The number of rotatable bonds is 1. The fraction of sp³-hybridized carbons (Fsp3) is 0. The van der Waals surface area contributed by atoms with E-state index < -0.39 is 5.97 Å². The van der Waals surface area contributed by atoms with Crippen molar-refractivity contribution in [3.8, 4) is 0 Å². The van der Waals surface area contributed by atoms with Crippen LogP contribution in [0.3, 0.4) is 0 Å². The lowest BCUT2D eigenvalue weighted by molar-refractivity contribution is 0.0692. The molecule has 72 valence electrons. The summed E-state index contributed by atoms with van der Waals surface area (Å²) in [6, 6.07) is 3.58. The molecule has 4 nitrogen and oxygen atoms in total. The largest absolute Gasteiger partial charge is 0.477 e. The maximum Gasteiger partial charge on any atom is 0.354 e. The normalized spacial score (nSPS) is 10.7. The number of carbonyl (C=O) groups is 1. The zero-order valence-electron chi connectivity index (χ0n) is 6.71. The molecule has 0 unspecified atom stereocenters. The zero-order chi connectivity index (χ0) is 10.3. The summed E-state index contributed by atoms with van der Waals surface area (Å²) in [6.07, 6.45) is 0. The fourth-order valence-electron chi connectivity index (χ4n) is 1.21. The minimum Gasteiger partial charge on any atom is -0.477 e. The van der Waals surface area contributed by atoms with E-state index in [1.807, 2.05) is 0 Å². The molecule has 2 aromatic rings. The molecule has 0 saturated carbocycles. The summed E-state index contributed by atoms with van der Waals surface area (Å²) in [5, 5.41) is 15.9. The van der Waals surface area contributed by atoms with Gasteiger partial charge in [0.2, 0.25) is 0 Å². The lowest BCUT2D eigenvalue weighted by Crippen LogP contribution is -1.97. The van der Waals surface area contributed by atoms with E-state index in [1.165, 1.54) is 0 Å². The van der Waals surface area contributed by atoms with E-state index in [1.54, 1.807) is 12.1 Å². The summed E-state index contributed by atoms with van der Waals surface area (Å²) in [6.45, 7) is 0. The molecule has 0 amide bonds. The number of aromatic nitrogens is 2. The molecule has 1 aromatic carbocycles. The molecule has 6 heteroatoms. The Morgan fingerprint density at radius 1 is 1.36 bits per heavy atom. The highest BCUT2D eigenvalue weighted by molar-refractivity contribution is 9.11. The third-order valence-corrected chi connectivity index (χ3v) is 3.12. The van der Waals surface area contributed by atoms with Crippen molar-refractivity contribution in [1.82, 2.24) is 10.2 Å². The topological polar surface area (TPSA) is 66.0 Å². The van der Waals surface area contributed by atoms with Gasteiger partial charge in [0.15, 0.2) is 5.69 Å². The number of fused-ring (bicyclic) bond motifs is 1. The van der Waals surface area contributed by atoms with Crippen molar-refractivity contribution < 1.29 is 9.90 Å². The fourth-order valence-corrected chi connectivity index (χ4v) is 2.15. The van der Waals surface area contributed by atoms with Crippen LogP contribution >= 0.6 is 31.9 Å². The van der Waals surface area contributed by atoms with Gasteiger partial charge in [0.25, 0.3) is 0 Å². The molecule has 0 saturated heterocycles. The van der Waals surface area contributed by atoms with Gasteiger partial charge >= 0.3 is 5.97 Å². The van der Waals surface area contributed by atoms with E-state index >= 15 is 0 Å². The molecule has 0 fully saturated rings. The third kappa shape index (κ3) is 1.34. The van der Waals surface area contributed by atoms with Gasteiger partial charge in [-0.05, 0) is 28.1 Å². The molecule has 2 rings (SSSR count). The van der Waals surface area contributed by atoms with Crippen molar-refractivity contribution >= 4 is 48.7 Å². The van der Waals surface area contributed by atoms with Crippen LogP contribution in [-0.2, 0) is 0 Å². The quantitative estimate of drug-likeness (QED) is 0.849. The number of halogens is 2. The number of nitrogens with one attached hydrogen (secondary N) is 1. The molecule has 0 aliphatic rings. The number of aromatic amines is 1. The number of aromatic carboxylic acids is 1. The van der Waals surface area contributed by atoms with Gasteiger partial charge in [0, 0.05) is 14.3 Å². The van der Waals surface area contributed by atoms with Crippen LogP contribution in [0.5, 0.6) is 0 Å². The second-order valence-corrected chi connectivity index (χ2v) is 4.37. The van der Waals surface area contributed by atoms with Gasteiger partial charge < -0.3 is 5.11 Å². The molecule has 2 N–H and O–H groups in total. The van der Waals surface area contributed by atoms with Crippen LogP contribution in [0.4, 0.5) is 0 Å². The first-order chi connectivity index (χ1) is 6.61. The van der Waals surface area contributed by atoms with Crippen molar-refractivity contribution in [1.29, 1.82) is 0 Å². The highest BCUT2D eigenvalue weighted by Gasteiger charge is 2.16. The average molecular weight is 320 g/mol. The van der Waals surface area contributed by atoms with E-state index in [2.05, 4.69) is 42.1 Å². The number of hydrogen-bond donors (Lipinski definition) is 2. The Morgan fingerprint density at radius 3 is 2.64 bits per heavy atom. The Kier molecular flexibility index (Phi) is 2.32. The van der Waals surface area contributed by atoms with Crippen molar-refractivity contribution in [2.45, 2.75) is 0 Å². The van der Waals surface area contributed by atoms with Gasteiger partial charge in [0.05, 0.1) is 0 Å². The third-order valence-electron chi connectivity index (χ3n) is 1.82. The van der Waals surface area contributed by atoms with Crippen LogP contribution in [0.2, 0.25) is 0 Å². The van der Waals surface area contributed by atoms with Gasteiger partial charge in [-0.15, -0.1) is 0 Å². The molecule has 0 bridgehead atoms. The van der Waals surface area contributed by atoms with Gasteiger partial charge in [-0.25, -0.2) is 4.79 Å². The van der Waals surface area contributed by atoms with Crippen LogP contribution in [0.1, 0.15) is 10.5 Å². The van der Waals surface area contributed by atoms with Crippen LogP contribution in [0.25, 0.3) is 10.9 Å². The van der Waals surface area contributed by atoms with Gasteiger partial charge in [0.1, 0.15) is 5.52 Å². The smallest absolute Gasteiger partial charge is 0.354 e. The summed E-state index contributed by atoms with van der Waals surface area (Å²) in [4.78, 5) is 10.8. The summed E-state index contributed by atoms with van der Waals surface area (Å²) in [5.74, 6) is -1.02. The van der Waals surface area contributed by atoms with E-state index in [0.29, 0.717) is 15.4 Å². The van der Waals surface area contributed by atoms with Gasteiger partial charge in [-0.2, -0.15) is 5.10 Å². The number of nitrogens with zero attached hydrogens (tertiary/aromatic N) is 1. The first kappa shape index (κ1) is 9.67. The molecule has 0 atom stereocenters. The van der Waals surface area contributed by atoms with Gasteiger partial charge in [-0.3, -0.25) is 5.10 Å². The summed E-state index contributed by atoms with van der Waals surface area (Å²) < 4.78 is 1.47. The Bertz CT molecular complexity index is 521. The molecular formula is C8H4Br2N2O2. The van der Waals surface area contributed by atoms with Crippen molar-refractivity contribution in [2.75, 3.05) is 0 Å². The predicted molar refractivity (Wildman–Crippen MR) is 58.5 cm³/mol. The lowest BCUT2D eigenvalue weighted by atomic mass is 10.2. The van der Waals surface area contributed by atoms with Crippen molar-refractivity contribution in [3.63, 3.8) is 0 Å². The van der Waals surface area contributed by atoms with E-state index in [4.69, 9.17) is 5.11 Å². The number of hydrogen-bond acceptors (Lipinski definition) is 2. The molecule has 0 radical (unpaired) electrons. The van der Waals surface area contributed by atoms with Crippen LogP contribution in [0.15, 0.2) is 21.1 Å². The second-order valence-electron chi connectivity index (χ2n) is 2.66. The summed E-state index contributed by atoms with van der Waals surface area (Å²) in [5.41, 5.74) is 0.699. The Morgan fingerprint density at radius 2 is 2.00 bits per heavy atom. The molecule has 0 aliphatic carbocycles. The second kappa shape index (κ2) is 3.36. The van der Waals surface area contributed by atoms with Crippen molar-refractivity contribution in [2.24, 2.45) is 0 Å². The van der Waals surface area contributed by atoms with Gasteiger partial charge in [-0.1, -0.05) is 15.9 Å². The van der Waals surface area contributed by atoms with E-state index in [-0.39, 0.29) is 5.69 Å².